The summed E-state index contributed by atoms with van der Waals surface area (Å²) in [6.45, 7) is 6.61. The number of ether oxygens (including phenoxy) is 1. The quantitative estimate of drug-likeness (QED) is 0.550. The number of nitro benzene ring substituents is 1. The van der Waals surface area contributed by atoms with Crippen LogP contribution in [0.25, 0.3) is 11.0 Å². The van der Waals surface area contributed by atoms with Crippen LogP contribution in [0.4, 0.5) is 10.5 Å². The molecule has 9 nitrogen and oxygen atoms in total. The number of hydrogen-bond acceptors (Lipinski definition) is 7. The minimum atomic E-state index is -1.38. The van der Waals surface area contributed by atoms with Crippen LogP contribution in [0.2, 0.25) is 0 Å². The first-order chi connectivity index (χ1) is 13.6. The Morgan fingerprint density at radius 3 is 2.83 bits per heavy atom. The fourth-order valence-electron chi connectivity index (χ4n) is 3.20. The van der Waals surface area contributed by atoms with E-state index in [1.54, 1.807) is 4.90 Å². The number of carbonyl (C=O) groups excluding carboxylic acids is 1. The predicted octanol–water partition coefficient (Wildman–Crippen LogP) is 3.29. The number of likely N-dealkylation sites (tertiary alicyclic amines) is 1. The Morgan fingerprint density at radius 2 is 2.14 bits per heavy atom. The third-order valence-corrected chi connectivity index (χ3v) is 5.94. The van der Waals surface area contributed by atoms with E-state index in [2.05, 4.69) is 9.97 Å². The number of carbonyl (C=O) groups is 1. The molecule has 1 aromatic carbocycles. The molecule has 2 aromatic rings. The van der Waals surface area contributed by atoms with Gasteiger partial charge in [-0.2, -0.15) is 0 Å². The minimum absolute atomic E-state index is 0.0647. The van der Waals surface area contributed by atoms with Crippen molar-refractivity contribution in [3.05, 3.63) is 34.5 Å². The number of fused-ring (bicyclic) bond motifs is 1. The zero-order valence-corrected chi connectivity index (χ0v) is 17.5. The zero-order chi connectivity index (χ0) is 21.2. The zero-order valence-electron chi connectivity index (χ0n) is 16.7. The van der Waals surface area contributed by atoms with Gasteiger partial charge in [0, 0.05) is 31.0 Å². The van der Waals surface area contributed by atoms with Gasteiger partial charge in [-0.25, -0.2) is 9.78 Å². The molecule has 1 amide bonds. The summed E-state index contributed by atoms with van der Waals surface area (Å²) in [7, 11) is -1.38. The second kappa shape index (κ2) is 8.40. The summed E-state index contributed by atoms with van der Waals surface area (Å²) >= 11 is 0. The molecule has 1 aliphatic rings. The Kier molecular flexibility index (Phi) is 6.11. The number of benzene rings is 1. The first kappa shape index (κ1) is 21.1. The van der Waals surface area contributed by atoms with Gasteiger partial charge in [0.1, 0.15) is 10.6 Å². The molecule has 2 atom stereocenters. The molecular weight excluding hydrogens is 396 g/mol. The number of aromatic nitrogens is 2. The lowest BCUT2D eigenvalue weighted by molar-refractivity contribution is -0.384. The predicted molar refractivity (Wildman–Crippen MR) is 108 cm³/mol. The Bertz CT molecular complexity index is 959. The van der Waals surface area contributed by atoms with Gasteiger partial charge in [0.05, 0.1) is 33.0 Å². The average Bonchev–Trinajstić information content (AvgIpc) is 2.66. The van der Waals surface area contributed by atoms with Gasteiger partial charge in [-0.05, 0) is 45.6 Å². The van der Waals surface area contributed by atoms with Crippen molar-refractivity contribution < 1.29 is 18.7 Å². The van der Waals surface area contributed by atoms with Gasteiger partial charge < -0.3 is 9.64 Å². The van der Waals surface area contributed by atoms with Crippen molar-refractivity contribution in [1.82, 2.24) is 14.9 Å². The van der Waals surface area contributed by atoms with Crippen LogP contribution < -0.4 is 0 Å². The van der Waals surface area contributed by atoms with E-state index in [1.165, 1.54) is 24.4 Å². The number of nitrogens with zero attached hydrogens (tertiary/aromatic N) is 4. The Morgan fingerprint density at radius 1 is 1.38 bits per heavy atom. The maximum Gasteiger partial charge on any atom is 0.410 e. The number of nitro groups is 1. The van der Waals surface area contributed by atoms with Crippen LogP contribution in [0.5, 0.6) is 0 Å². The fraction of sp³-hybridized carbons (Fsp3) is 0.526. The first-order valence-corrected chi connectivity index (χ1v) is 10.7. The summed E-state index contributed by atoms with van der Waals surface area (Å²) in [4.78, 5) is 32.9. The molecule has 156 valence electrons. The summed E-state index contributed by atoms with van der Waals surface area (Å²) in [5, 5.41) is 11.2. The van der Waals surface area contributed by atoms with E-state index >= 15 is 0 Å². The topological polar surface area (TPSA) is 116 Å². The fourth-order valence-corrected chi connectivity index (χ4v) is 4.44. The van der Waals surface area contributed by atoms with Crippen molar-refractivity contribution in [2.24, 2.45) is 5.92 Å². The first-order valence-electron chi connectivity index (χ1n) is 9.40. The van der Waals surface area contributed by atoms with Gasteiger partial charge in [0.2, 0.25) is 0 Å². The van der Waals surface area contributed by atoms with E-state index in [1.807, 2.05) is 20.8 Å². The van der Waals surface area contributed by atoms with Crippen LogP contribution in [0.3, 0.4) is 0 Å². The van der Waals surface area contributed by atoms with Crippen molar-refractivity contribution in [3.63, 3.8) is 0 Å². The lowest BCUT2D eigenvalue weighted by atomic mass is 10.0. The summed E-state index contributed by atoms with van der Waals surface area (Å²) in [5.41, 5.74) is 0.224. The highest BCUT2D eigenvalue weighted by molar-refractivity contribution is 7.84. The number of piperidine rings is 1. The molecule has 0 bridgehead atoms. The van der Waals surface area contributed by atoms with Gasteiger partial charge in [-0.1, -0.05) is 0 Å². The van der Waals surface area contributed by atoms with Crippen molar-refractivity contribution in [1.29, 1.82) is 0 Å². The van der Waals surface area contributed by atoms with Crippen LogP contribution >= 0.6 is 0 Å². The molecule has 3 rings (SSSR count). The average molecular weight is 420 g/mol. The molecule has 10 heteroatoms. The van der Waals surface area contributed by atoms with E-state index in [4.69, 9.17) is 4.74 Å². The van der Waals surface area contributed by atoms with Crippen LogP contribution in [-0.4, -0.2) is 54.5 Å². The van der Waals surface area contributed by atoms with E-state index in [9.17, 15) is 19.1 Å². The van der Waals surface area contributed by atoms with Gasteiger partial charge in [0.25, 0.3) is 5.69 Å². The molecule has 0 spiro atoms. The van der Waals surface area contributed by atoms with Gasteiger partial charge >= 0.3 is 6.09 Å². The third kappa shape index (κ3) is 5.47. The Hall–Kier alpha value is -2.62. The minimum Gasteiger partial charge on any atom is -0.444 e. The summed E-state index contributed by atoms with van der Waals surface area (Å²) in [6.07, 6.45) is 2.75. The molecule has 0 N–H and O–H groups in total. The highest BCUT2D eigenvalue weighted by Crippen LogP contribution is 2.23. The summed E-state index contributed by atoms with van der Waals surface area (Å²) < 4.78 is 18.2. The van der Waals surface area contributed by atoms with Crippen LogP contribution in [0.1, 0.15) is 33.6 Å². The van der Waals surface area contributed by atoms with Gasteiger partial charge in [-0.3, -0.25) is 19.3 Å². The summed E-state index contributed by atoms with van der Waals surface area (Å²) in [6, 6.07) is 4.20. The maximum absolute atomic E-state index is 12.8. The normalized spacial score (nSPS) is 18.4. The molecule has 0 saturated carbocycles. The lowest BCUT2D eigenvalue weighted by Crippen LogP contribution is -2.44. The smallest absolute Gasteiger partial charge is 0.410 e. The molecule has 0 unspecified atom stereocenters. The highest BCUT2D eigenvalue weighted by Gasteiger charge is 2.29. The van der Waals surface area contributed by atoms with Crippen molar-refractivity contribution in [2.45, 2.75) is 44.2 Å². The SMILES string of the molecule is CC(C)(C)OC(=O)N1CCC[C@@H](C[S@](=O)c2cnc3cc([N+](=O)[O-])ccc3n2)C1. The second-order valence-electron chi connectivity index (χ2n) is 8.09. The van der Waals surface area contributed by atoms with E-state index in [-0.39, 0.29) is 17.7 Å². The molecular formula is C19H24N4O5S. The van der Waals surface area contributed by atoms with E-state index < -0.39 is 21.3 Å². The Labute approximate surface area is 171 Å². The van der Waals surface area contributed by atoms with Gasteiger partial charge in [-0.15, -0.1) is 0 Å². The molecule has 2 heterocycles. The molecule has 0 radical (unpaired) electrons. The number of amides is 1. The standard InChI is InChI=1S/C19H24N4O5S/c1-19(2,3)28-18(24)22-8-4-5-13(11-22)12-29(27)17-10-20-16-9-14(23(25)26)6-7-15(16)21-17/h6-7,9-10,13H,4-5,8,11-12H2,1-3H3/t13-,29+/m1/s1. The largest absolute Gasteiger partial charge is 0.444 e. The summed E-state index contributed by atoms with van der Waals surface area (Å²) in [5.74, 6) is 0.443. The third-order valence-electron chi connectivity index (χ3n) is 4.51. The molecule has 1 aromatic heterocycles. The molecule has 1 aliphatic heterocycles. The monoisotopic (exact) mass is 420 g/mol. The number of non-ortho nitro benzene ring substituents is 1. The Balaban J connectivity index is 1.67. The lowest BCUT2D eigenvalue weighted by Gasteiger charge is -2.33. The number of rotatable bonds is 4. The molecule has 1 fully saturated rings. The maximum atomic E-state index is 12.8. The van der Waals surface area contributed by atoms with Crippen LogP contribution in [-0.2, 0) is 15.5 Å². The van der Waals surface area contributed by atoms with Crippen molar-refractivity contribution in [3.8, 4) is 0 Å². The van der Waals surface area contributed by atoms with Gasteiger partial charge in [0.15, 0.2) is 0 Å². The van der Waals surface area contributed by atoms with E-state index in [0.717, 1.165) is 12.8 Å². The highest BCUT2D eigenvalue weighted by atomic mass is 32.2. The van der Waals surface area contributed by atoms with Crippen LogP contribution in [0, 0.1) is 16.0 Å². The molecule has 0 aliphatic carbocycles. The van der Waals surface area contributed by atoms with Crippen molar-refractivity contribution in [2.75, 3.05) is 18.8 Å². The second-order valence-corrected chi connectivity index (χ2v) is 9.53. The van der Waals surface area contributed by atoms with E-state index in [0.29, 0.717) is 34.9 Å². The molecule has 29 heavy (non-hydrogen) atoms. The van der Waals surface area contributed by atoms with Crippen molar-refractivity contribution >= 4 is 33.6 Å². The van der Waals surface area contributed by atoms with Crippen LogP contribution in [0.15, 0.2) is 29.4 Å². The molecule has 1 saturated heterocycles. The number of hydrogen-bond donors (Lipinski definition) is 0.